The standard InChI is InChI=1S/C11H13BrF2N2O/c1-2-7(5-15)16-11(17)10-8(13)3-6(12)4-9(10)14/h3-4,7H,2,5,15H2,1H3,(H,16,17). The van der Waals surface area contributed by atoms with Crippen molar-refractivity contribution in [1.29, 1.82) is 0 Å². The van der Waals surface area contributed by atoms with Crippen LogP contribution >= 0.6 is 15.9 Å². The lowest BCUT2D eigenvalue weighted by atomic mass is 10.1. The zero-order valence-electron chi connectivity index (χ0n) is 9.27. The summed E-state index contributed by atoms with van der Waals surface area (Å²) in [6, 6.07) is 1.80. The molecule has 0 bridgehead atoms. The molecule has 0 aliphatic carbocycles. The summed E-state index contributed by atoms with van der Waals surface area (Å²) in [6.07, 6.45) is 0.599. The molecule has 94 valence electrons. The Morgan fingerprint density at radius 1 is 1.47 bits per heavy atom. The molecule has 0 aliphatic heterocycles. The van der Waals surface area contributed by atoms with Gasteiger partial charge in [-0.2, -0.15) is 0 Å². The van der Waals surface area contributed by atoms with Crippen molar-refractivity contribution >= 4 is 21.8 Å². The van der Waals surface area contributed by atoms with Crippen LogP contribution in [0.5, 0.6) is 0 Å². The summed E-state index contributed by atoms with van der Waals surface area (Å²) in [5.41, 5.74) is 4.82. The predicted molar refractivity (Wildman–Crippen MR) is 64.7 cm³/mol. The van der Waals surface area contributed by atoms with E-state index >= 15 is 0 Å². The lowest BCUT2D eigenvalue weighted by molar-refractivity contribution is 0.0928. The van der Waals surface area contributed by atoms with Gasteiger partial charge in [0.1, 0.15) is 17.2 Å². The Morgan fingerprint density at radius 3 is 2.41 bits per heavy atom. The third kappa shape index (κ3) is 3.47. The summed E-state index contributed by atoms with van der Waals surface area (Å²) in [4.78, 5) is 11.7. The van der Waals surface area contributed by atoms with E-state index < -0.39 is 23.1 Å². The van der Waals surface area contributed by atoms with Crippen LogP contribution in [0, 0.1) is 11.6 Å². The van der Waals surface area contributed by atoms with Crippen LogP contribution in [0.2, 0.25) is 0 Å². The summed E-state index contributed by atoms with van der Waals surface area (Å²) in [6.45, 7) is 2.05. The molecule has 17 heavy (non-hydrogen) atoms. The van der Waals surface area contributed by atoms with Crippen LogP contribution in [0.15, 0.2) is 16.6 Å². The van der Waals surface area contributed by atoms with Crippen LogP contribution in [0.4, 0.5) is 8.78 Å². The van der Waals surface area contributed by atoms with E-state index in [2.05, 4.69) is 21.2 Å². The Balaban J connectivity index is 2.96. The minimum Gasteiger partial charge on any atom is -0.348 e. The summed E-state index contributed by atoms with van der Waals surface area (Å²) in [5.74, 6) is -2.59. The molecule has 1 aromatic carbocycles. The zero-order chi connectivity index (χ0) is 13.0. The maximum Gasteiger partial charge on any atom is 0.257 e. The molecular formula is C11H13BrF2N2O. The van der Waals surface area contributed by atoms with E-state index in [0.29, 0.717) is 6.42 Å². The number of carbonyl (C=O) groups excluding carboxylic acids is 1. The fraction of sp³-hybridized carbons (Fsp3) is 0.364. The van der Waals surface area contributed by atoms with Gasteiger partial charge in [0.15, 0.2) is 0 Å². The Bertz CT molecular complexity index is 399. The van der Waals surface area contributed by atoms with Gasteiger partial charge in [-0.05, 0) is 18.6 Å². The molecular weight excluding hydrogens is 294 g/mol. The molecule has 1 unspecified atom stereocenters. The monoisotopic (exact) mass is 306 g/mol. The second-order valence-corrected chi connectivity index (χ2v) is 4.47. The molecule has 6 heteroatoms. The fourth-order valence-electron chi connectivity index (χ4n) is 1.34. The molecule has 1 aromatic rings. The highest BCUT2D eigenvalue weighted by Gasteiger charge is 2.20. The number of carbonyl (C=O) groups is 1. The second-order valence-electron chi connectivity index (χ2n) is 3.56. The van der Waals surface area contributed by atoms with E-state index in [9.17, 15) is 13.6 Å². The fourth-order valence-corrected chi connectivity index (χ4v) is 1.75. The van der Waals surface area contributed by atoms with Crippen molar-refractivity contribution in [1.82, 2.24) is 5.32 Å². The first-order valence-corrected chi connectivity index (χ1v) is 5.94. The highest BCUT2D eigenvalue weighted by Crippen LogP contribution is 2.19. The van der Waals surface area contributed by atoms with Gasteiger partial charge in [-0.1, -0.05) is 22.9 Å². The highest BCUT2D eigenvalue weighted by molar-refractivity contribution is 9.10. The first-order valence-electron chi connectivity index (χ1n) is 5.15. The van der Waals surface area contributed by atoms with Crippen molar-refractivity contribution in [2.24, 2.45) is 5.73 Å². The lowest BCUT2D eigenvalue weighted by Crippen LogP contribution is -2.40. The predicted octanol–water partition coefficient (Wildman–Crippen LogP) is 2.19. The Kier molecular flexibility index (Phi) is 5.02. The van der Waals surface area contributed by atoms with Gasteiger partial charge in [-0.15, -0.1) is 0 Å². The topological polar surface area (TPSA) is 55.1 Å². The number of nitrogens with two attached hydrogens (primary N) is 1. The van der Waals surface area contributed by atoms with Gasteiger partial charge in [-0.3, -0.25) is 4.79 Å². The molecule has 1 atom stereocenters. The van der Waals surface area contributed by atoms with Gasteiger partial charge < -0.3 is 11.1 Å². The van der Waals surface area contributed by atoms with Crippen LogP contribution in [-0.2, 0) is 0 Å². The largest absolute Gasteiger partial charge is 0.348 e. The normalized spacial score (nSPS) is 12.3. The smallest absolute Gasteiger partial charge is 0.257 e. The third-order valence-corrected chi connectivity index (χ3v) is 2.80. The SMILES string of the molecule is CCC(CN)NC(=O)c1c(F)cc(Br)cc1F. The Labute approximate surface area is 107 Å². The highest BCUT2D eigenvalue weighted by atomic mass is 79.9. The zero-order valence-corrected chi connectivity index (χ0v) is 10.9. The second kappa shape index (κ2) is 6.07. The molecule has 1 rings (SSSR count). The summed E-state index contributed by atoms with van der Waals surface area (Å²) in [5, 5.41) is 2.47. The van der Waals surface area contributed by atoms with Crippen molar-refractivity contribution in [2.75, 3.05) is 6.54 Å². The first-order chi connectivity index (χ1) is 7.99. The quantitative estimate of drug-likeness (QED) is 0.896. The van der Waals surface area contributed by atoms with Gasteiger partial charge in [0, 0.05) is 17.1 Å². The van der Waals surface area contributed by atoms with Crippen LogP contribution < -0.4 is 11.1 Å². The van der Waals surface area contributed by atoms with E-state index in [0.717, 1.165) is 12.1 Å². The lowest BCUT2D eigenvalue weighted by Gasteiger charge is -2.15. The van der Waals surface area contributed by atoms with E-state index in [1.54, 1.807) is 0 Å². The molecule has 0 fully saturated rings. The molecule has 1 amide bonds. The summed E-state index contributed by atoms with van der Waals surface area (Å²) >= 11 is 2.94. The molecule has 3 N–H and O–H groups in total. The number of hydrogen-bond acceptors (Lipinski definition) is 2. The Morgan fingerprint density at radius 2 is 2.00 bits per heavy atom. The number of amides is 1. The van der Waals surface area contributed by atoms with Gasteiger partial charge in [0.25, 0.3) is 5.91 Å². The average Bonchev–Trinajstić information content (AvgIpc) is 2.24. The minimum absolute atomic E-state index is 0.224. The van der Waals surface area contributed by atoms with E-state index in [1.807, 2.05) is 6.92 Å². The molecule has 0 saturated heterocycles. The number of benzene rings is 1. The number of nitrogens with one attached hydrogen (secondary N) is 1. The molecule has 0 aromatic heterocycles. The maximum atomic E-state index is 13.5. The molecule has 0 aliphatic rings. The van der Waals surface area contributed by atoms with Gasteiger partial charge in [0.2, 0.25) is 0 Å². The van der Waals surface area contributed by atoms with Crippen LogP contribution in [-0.4, -0.2) is 18.5 Å². The summed E-state index contributed by atoms with van der Waals surface area (Å²) < 4.78 is 27.2. The van der Waals surface area contributed by atoms with E-state index in [-0.39, 0.29) is 17.1 Å². The average molecular weight is 307 g/mol. The van der Waals surface area contributed by atoms with Crippen molar-refractivity contribution in [3.8, 4) is 0 Å². The van der Waals surface area contributed by atoms with Crippen molar-refractivity contribution in [3.05, 3.63) is 33.8 Å². The summed E-state index contributed by atoms with van der Waals surface area (Å²) in [7, 11) is 0. The van der Waals surface area contributed by atoms with Gasteiger partial charge in [-0.25, -0.2) is 8.78 Å². The first kappa shape index (κ1) is 14.1. The van der Waals surface area contributed by atoms with Gasteiger partial charge >= 0.3 is 0 Å². The van der Waals surface area contributed by atoms with E-state index in [1.165, 1.54) is 0 Å². The number of rotatable bonds is 4. The number of hydrogen-bond donors (Lipinski definition) is 2. The van der Waals surface area contributed by atoms with Crippen molar-refractivity contribution in [3.63, 3.8) is 0 Å². The number of halogens is 3. The van der Waals surface area contributed by atoms with Crippen LogP contribution in [0.25, 0.3) is 0 Å². The maximum absolute atomic E-state index is 13.5. The van der Waals surface area contributed by atoms with Crippen molar-refractivity contribution in [2.45, 2.75) is 19.4 Å². The van der Waals surface area contributed by atoms with Crippen molar-refractivity contribution < 1.29 is 13.6 Å². The molecule has 3 nitrogen and oxygen atoms in total. The van der Waals surface area contributed by atoms with E-state index in [4.69, 9.17) is 5.73 Å². The molecule has 0 saturated carbocycles. The van der Waals surface area contributed by atoms with Crippen LogP contribution in [0.1, 0.15) is 23.7 Å². The Hall–Kier alpha value is -1.01. The molecule has 0 heterocycles. The van der Waals surface area contributed by atoms with Crippen LogP contribution in [0.3, 0.4) is 0 Å². The third-order valence-electron chi connectivity index (χ3n) is 2.35. The van der Waals surface area contributed by atoms with Gasteiger partial charge in [0.05, 0.1) is 0 Å². The molecule has 0 spiro atoms. The minimum atomic E-state index is -0.902. The molecule has 0 radical (unpaired) electrons.